The highest BCUT2D eigenvalue weighted by atomic mass is 16.2. The number of aromatic amines is 1. The predicted octanol–water partition coefficient (Wildman–Crippen LogP) is 1.34. The first-order chi connectivity index (χ1) is 10.1. The number of H-pyrrole nitrogens is 1. The van der Waals surface area contributed by atoms with Gasteiger partial charge in [0.15, 0.2) is 5.82 Å². The summed E-state index contributed by atoms with van der Waals surface area (Å²) < 4.78 is 0. The predicted molar refractivity (Wildman–Crippen MR) is 79.5 cm³/mol. The second kappa shape index (κ2) is 6.13. The molecule has 6 nitrogen and oxygen atoms in total. The van der Waals surface area contributed by atoms with Gasteiger partial charge in [-0.1, -0.05) is 12.8 Å². The van der Waals surface area contributed by atoms with Crippen LogP contribution in [0.1, 0.15) is 43.8 Å². The monoisotopic (exact) mass is 291 g/mol. The molecule has 21 heavy (non-hydrogen) atoms. The topological polar surface area (TPSA) is 65.1 Å². The van der Waals surface area contributed by atoms with Crippen molar-refractivity contribution in [1.82, 2.24) is 25.0 Å². The molecule has 3 rings (SSSR count). The maximum atomic E-state index is 12.2. The molecule has 1 atom stereocenters. The molecule has 2 heterocycles. The van der Waals surface area contributed by atoms with Crippen molar-refractivity contribution >= 4 is 5.91 Å². The largest absolute Gasteiger partial charge is 0.339 e. The highest BCUT2D eigenvalue weighted by Crippen LogP contribution is 2.29. The van der Waals surface area contributed by atoms with E-state index >= 15 is 0 Å². The first-order valence-electron chi connectivity index (χ1n) is 7.97. The van der Waals surface area contributed by atoms with Crippen molar-refractivity contribution in [2.24, 2.45) is 5.92 Å². The number of amides is 1. The fourth-order valence-electron chi connectivity index (χ4n) is 3.71. The van der Waals surface area contributed by atoms with Gasteiger partial charge in [-0.25, -0.2) is 4.98 Å². The van der Waals surface area contributed by atoms with Crippen LogP contribution in [0.2, 0.25) is 0 Å². The molecule has 0 bridgehead atoms. The lowest BCUT2D eigenvalue weighted by molar-refractivity contribution is -0.129. The summed E-state index contributed by atoms with van der Waals surface area (Å²) in [7, 11) is 2.08. The average Bonchev–Trinajstić information content (AvgIpc) is 3.12. The number of aryl methyl sites for hydroxylation is 1. The highest BCUT2D eigenvalue weighted by molar-refractivity contribution is 5.79. The van der Waals surface area contributed by atoms with Crippen LogP contribution in [0, 0.1) is 12.8 Å². The Balaban J connectivity index is 1.50. The molecule has 116 valence electrons. The van der Waals surface area contributed by atoms with Crippen molar-refractivity contribution in [2.45, 2.75) is 51.6 Å². The van der Waals surface area contributed by atoms with Crippen molar-refractivity contribution in [3.63, 3.8) is 0 Å². The summed E-state index contributed by atoms with van der Waals surface area (Å²) in [4.78, 5) is 20.9. The van der Waals surface area contributed by atoms with Gasteiger partial charge in [-0.3, -0.25) is 14.8 Å². The van der Waals surface area contributed by atoms with Crippen LogP contribution in [0.4, 0.5) is 0 Å². The summed E-state index contributed by atoms with van der Waals surface area (Å²) in [5.74, 6) is 2.48. The zero-order valence-electron chi connectivity index (χ0n) is 13.0. The summed E-state index contributed by atoms with van der Waals surface area (Å²) in [6, 6.07) is 0.517. The van der Waals surface area contributed by atoms with Gasteiger partial charge in [0.1, 0.15) is 5.82 Å². The number of aromatic nitrogens is 3. The maximum absolute atomic E-state index is 12.2. The minimum atomic E-state index is 0.356. The Labute approximate surface area is 125 Å². The van der Waals surface area contributed by atoms with Crippen LogP contribution in [0.3, 0.4) is 0 Å². The summed E-state index contributed by atoms with van der Waals surface area (Å²) in [5, 5.41) is 7.04. The summed E-state index contributed by atoms with van der Waals surface area (Å²) in [5.41, 5.74) is 0. The summed E-state index contributed by atoms with van der Waals surface area (Å²) in [6.45, 7) is 4.51. The van der Waals surface area contributed by atoms with E-state index in [4.69, 9.17) is 0 Å². The number of carbonyl (C=O) groups excluding carboxylic acids is 1. The van der Waals surface area contributed by atoms with Gasteiger partial charge in [0.2, 0.25) is 5.91 Å². The van der Waals surface area contributed by atoms with Crippen LogP contribution >= 0.6 is 0 Å². The third-order valence-electron chi connectivity index (χ3n) is 4.63. The van der Waals surface area contributed by atoms with Crippen LogP contribution in [-0.2, 0) is 11.3 Å². The van der Waals surface area contributed by atoms with Crippen LogP contribution in [-0.4, -0.2) is 57.1 Å². The number of hydrogen-bond acceptors (Lipinski definition) is 4. The number of hydrogen-bond donors (Lipinski definition) is 1. The van der Waals surface area contributed by atoms with Crippen molar-refractivity contribution in [1.29, 1.82) is 0 Å². The Morgan fingerprint density at radius 2 is 2.14 bits per heavy atom. The second-order valence-corrected chi connectivity index (χ2v) is 6.59. The van der Waals surface area contributed by atoms with Crippen LogP contribution in [0.15, 0.2) is 0 Å². The lowest BCUT2D eigenvalue weighted by atomic mass is 10.1. The third kappa shape index (κ3) is 3.43. The van der Waals surface area contributed by atoms with E-state index in [2.05, 4.69) is 32.0 Å². The molecule has 0 aromatic carbocycles. The molecule has 6 heteroatoms. The molecule has 1 saturated carbocycles. The van der Waals surface area contributed by atoms with E-state index in [1.54, 1.807) is 0 Å². The lowest BCUT2D eigenvalue weighted by Gasteiger charge is -2.25. The minimum absolute atomic E-state index is 0.356. The molecule has 1 aliphatic heterocycles. The Hall–Kier alpha value is -1.43. The number of likely N-dealkylation sites (tertiary alicyclic amines) is 1. The number of nitrogens with one attached hydrogen (secondary N) is 1. The average molecular weight is 291 g/mol. The fourth-order valence-corrected chi connectivity index (χ4v) is 3.71. The van der Waals surface area contributed by atoms with E-state index < -0.39 is 0 Å². The molecule has 0 spiro atoms. The SMILES string of the molecule is Cc1nc(CN(C)C[C@H]2CC(=O)N(C3CCCC3)C2)n[nH]1. The van der Waals surface area contributed by atoms with Gasteiger partial charge >= 0.3 is 0 Å². The third-order valence-corrected chi connectivity index (χ3v) is 4.63. The van der Waals surface area contributed by atoms with Crippen LogP contribution < -0.4 is 0 Å². The van der Waals surface area contributed by atoms with Crippen LogP contribution in [0.5, 0.6) is 0 Å². The first kappa shape index (κ1) is 14.5. The Morgan fingerprint density at radius 3 is 2.81 bits per heavy atom. The van der Waals surface area contributed by atoms with Gasteiger partial charge in [-0.05, 0) is 32.7 Å². The number of carbonyl (C=O) groups is 1. The number of nitrogens with zero attached hydrogens (tertiary/aromatic N) is 4. The molecule has 0 unspecified atom stereocenters. The van der Waals surface area contributed by atoms with E-state index in [1.807, 2.05) is 6.92 Å². The summed E-state index contributed by atoms with van der Waals surface area (Å²) >= 11 is 0. The van der Waals surface area contributed by atoms with Crippen LogP contribution in [0.25, 0.3) is 0 Å². The minimum Gasteiger partial charge on any atom is -0.339 e. The van der Waals surface area contributed by atoms with E-state index in [-0.39, 0.29) is 0 Å². The van der Waals surface area contributed by atoms with Gasteiger partial charge in [0.05, 0.1) is 6.54 Å². The molecular weight excluding hydrogens is 266 g/mol. The van der Waals surface area contributed by atoms with E-state index in [0.29, 0.717) is 24.3 Å². The van der Waals surface area contributed by atoms with Gasteiger partial charge in [0, 0.05) is 25.6 Å². The lowest BCUT2D eigenvalue weighted by Crippen LogP contribution is -2.35. The van der Waals surface area contributed by atoms with Gasteiger partial charge < -0.3 is 4.90 Å². The normalized spacial score (nSPS) is 23.7. The van der Waals surface area contributed by atoms with Crippen molar-refractivity contribution in [3.8, 4) is 0 Å². The molecule has 1 aromatic heterocycles. The maximum Gasteiger partial charge on any atom is 0.223 e. The first-order valence-corrected chi connectivity index (χ1v) is 7.97. The van der Waals surface area contributed by atoms with Crippen molar-refractivity contribution in [2.75, 3.05) is 20.1 Å². The van der Waals surface area contributed by atoms with Gasteiger partial charge in [0.25, 0.3) is 0 Å². The molecule has 2 aliphatic rings. The molecular formula is C15H25N5O. The second-order valence-electron chi connectivity index (χ2n) is 6.59. The molecule has 1 aliphatic carbocycles. The van der Waals surface area contributed by atoms with E-state index in [9.17, 15) is 4.79 Å². The molecule has 2 fully saturated rings. The van der Waals surface area contributed by atoms with E-state index in [1.165, 1.54) is 25.7 Å². The standard InChI is InChI=1S/C15H25N5O/c1-11-16-14(18-17-11)10-19(2)8-12-7-15(21)20(9-12)13-5-3-4-6-13/h12-13H,3-10H2,1-2H3,(H,16,17,18)/t12-/m1/s1. The van der Waals surface area contributed by atoms with Crippen molar-refractivity contribution in [3.05, 3.63) is 11.6 Å². The molecule has 1 N–H and O–H groups in total. The molecule has 1 aromatic rings. The fraction of sp³-hybridized carbons (Fsp3) is 0.800. The molecule has 1 saturated heterocycles. The van der Waals surface area contributed by atoms with E-state index in [0.717, 1.165) is 31.3 Å². The number of rotatable bonds is 5. The Morgan fingerprint density at radius 1 is 1.38 bits per heavy atom. The molecule has 0 radical (unpaired) electrons. The van der Waals surface area contributed by atoms with Gasteiger partial charge in [-0.2, -0.15) is 5.10 Å². The molecule has 1 amide bonds. The highest BCUT2D eigenvalue weighted by Gasteiger charge is 2.35. The Bertz CT molecular complexity index is 494. The van der Waals surface area contributed by atoms with Crippen molar-refractivity contribution < 1.29 is 4.79 Å². The summed E-state index contributed by atoms with van der Waals surface area (Å²) in [6.07, 6.45) is 5.66. The smallest absolute Gasteiger partial charge is 0.223 e. The Kier molecular flexibility index (Phi) is 4.24. The zero-order chi connectivity index (χ0) is 14.8. The quantitative estimate of drug-likeness (QED) is 0.889. The zero-order valence-corrected chi connectivity index (χ0v) is 13.0. The van der Waals surface area contributed by atoms with Gasteiger partial charge in [-0.15, -0.1) is 0 Å².